The molecular formula is C17H22N2O3S. The fourth-order valence-corrected chi connectivity index (χ4v) is 3.21. The second-order valence-electron chi connectivity index (χ2n) is 5.33. The maximum absolute atomic E-state index is 11.9. The highest BCUT2D eigenvalue weighted by molar-refractivity contribution is 7.99. The van der Waals surface area contributed by atoms with E-state index in [-0.39, 0.29) is 5.91 Å². The van der Waals surface area contributed by atoms with Gasteiger partial charge < -0.3 is 14.6 Å². The first kappa shape index (κ1) is 17.6. The van der Waals surface area contributed by atoms with Crippen LogP contribution in [0.3, 0.4) is 0 Å². The lowest BCUT2D eigenvalue weighted by Crippen LogP contribution is -2.24. The average molecular weight is 334 g/mol. The third kappa shape index (κ3) is 5.41. The molecule has 23 heavy (non-hydrogen) atoms. The van der Waals surface area contributed by atoms with E-state index >= 15 is 0 Å². The number of thioether (sulfide) groups is 1. The van der Waals surface area contributed by atoms with Crippen molar-refractivity contribution in [3.63, 3.8) is 0 Å². The van der Waals surface area contributed by atoms with Crippen molar-refractivity contribution in [2.24, 2.45) is 0 Å². The summed E-state index contributed by atoms with van der Waals surface area (Å²) in [6, 6.07) is 8.02. The molecule has 5 nitrogen and oxygen atoms in total. The van der Waals surface area contributed by atoms with Gasteiger partial charge in [0.2, 0.25) is 5.91 Å². The molecule has 1 aromatic carbocycles. The van der Waals surface area contributed by atoms with Crippen molar-refractivity contribution in [3.8, 4) is 0 Å². The van der Waals surface area contributed by atoms with Crippen molar-refractivity contribution in [1.29, 1.82) is 0 Å². The van der Waals surface area contributed by atoms with E-state index in [1.165, 1.54) is 0 Å². The number of ether oxygens (including phenoxy) is 1. The SMILES string of the molecule is COCc1cccc(CNC(=O)CSCc2c(C)noc2C)c1. The number of benzene rings is 1. The van der Waals surface area contributed by atoms with Gasteiger partial charge in [0, 0.05) is 25.0 Å². The molecule has 2 aromatic rings. The third-order valence-corrected chi connectivity index (χ3v) is 4.41. The zero-order valence-electron chi connectivity index (χ0n) is 13.7. The van der Waals surface area contributed by atoms with Crippen LogP contribution in [0.4, 0.5) is 0 Å². The van der Waals surface area contributed by atoms with Crippen LogP contribution >= 0.6 is 11.8 Å². The van der Waals surface area contributed by atoms with Crippen molar-refractivity contribution in [2.45, 2.75) is 32.8 Å². The number of aromatic nitrogens is 1. The standard InChI is InChI=1S/C17H22N2O3S/c1-12-16(13(2)22-19-12)10-23-11-17(20)18-8-14-5-4-6-15(7-14)9-21-3/h4-7H,8-11H2,1-3H3,(H,18,20). The fourth-order valence-electron chi connectivity index (χ4n) is 2.20. The summed E-state index contributed by atoms with van der Waals surface area (Å²) in [6.07, 6.45) is 0. The summed E-state index contributed by atoms with van der Waals surface area (Å²) < 4.78 is 10.2. The van der Waals surface area contributed by atoms with Crippen LogP contribution in [0, 0.1) is 13.8 Å². The highest BCUT2D eigenvalue weighted by Gasteiger charge is 2.10. The summed E-state index contributed by atoms with van der Waals surface area (Å²) in [5.74, 6) is 2.00. The van der Waals surface area contributed by atoms with E-state index in [4.69, 9.17) is 9.26 Å². The molecule has 1 aromatic heterocycles. The smallest absolute Gasteiger partial charge is 0.230 e. The Labute approximate surface area is 140 Å². The molecule has 0 unspecified atom stereocenters. The number of methoxy groups -OCH3 is 1. The normalized spacial score (nSPS) is 10.7. The largest absolute Gasteiger partial charge is 0.380 e. The van der Waals surface area contributed by atoms with E-state index in [2.05, 4.69) is 10.5 Å². The molecule has 0 saturated heterocycles. The zero-order chi connectivity index (χ0) is 16.7. The first-order valence-corrected chi connectivity index (χ1v) is 8.58. The van der Waals surface area contributed by atoms with E-state index in [0.29, 0.717) is 18.9 Å². The van der Waals surface area contributed by atoms with Crippen LogP contribution in [-0.2, 0) is 28.4 Å². The first-order chi connectivity index (χ1) is 11.1. The van der Waals surface area contributed by atoms with Crippen LogP contribution < -0.4 is 5.32 Å². The van der Waals surface area contributed by atoms with E-state index in [1.807, 2.05) is 38.1 Å². The van der Waals surface area contributed by atoms with Crippen molar-refractivity contribution in [3.05, 3.63) is 52.4 Å². The average Bonchev–Trinajstić information content (AvgIpc) is 2.85. The van der Waals surface area contributed by atoms with E-state index in [0.717, 1.165) is 33.9 Å². The lowest BCUT2D eigenvalue weighted by atomic mass is 10.1. The van der Waals surface area contributed by atoms with Crippen molar-refractivity contribution >= 4 is 17.7 Å². The lowest BCUT2D eigenvalue weighted by molar-refractivity contribution is -0.118. The van der Waals surface area contributed by atoms with Gasteiger partial charge in [0.25, 0.3) is 0 Å². The van der Waals surface area contributed by atoms with E-state index < -0.39 is 0 Å². The molecule has 1 heterocycles. The molecule has 0 spiro atoms. The summed E-state index contributed by atoms with van der Waals surface area (Å²) in [7, 11) is 1.67. The van der Waals surface area contributed by atoms with Crippen LogP contribution in [0.2, 0.25) is 0 Å². The molecular weight excluding hydrogens is 312 g/mol. The molecule has 2 rings (SSSR count). The molecule has 0 atom stereocenters. The highest BCUT2D eigenvalue weighted by atomic mass is 32.2. The summed E-state index contributed by atoms with van der Waals surface area (Å²) in [5, 5.41) is 6.85. The second-order valence-corrected chi connectivity index (χ2v) is 6.31. The number of hydrogen-bond acceptors (Lipinski definition) is 5. The van der Waals surface area contributed by atoms with Crippen LogP contribution in [0.25, 0.3) is 0 Å². The van der Waals surface area contributed by atoms with Crippen molar-refractivity contribution in [1.82, 2.24) is 10.5 Å². The van der Waals surface area contributed by atoms with Gasteiger partial charge in [-0.3, -0.25) is 4.79 Å². The Morgan fingerprint density at radius 3 is 2.83 bits per heavy atom. The molecule has 0 radical (unpaired) electrons. The topological polar surface area (TPSA) is 64.4 Å². The van der Waals surface area contributed by atoms with Gasteiger partial charge in [-0.2, -0.15) is 0 Å². The predicted molar refractivity (Wildman–Crippen MR) is 91.1 cm³/mol. The number of amides is 1. The minimum Gasteiger partial charge on any atom is -0.380 e. The third-order valence-electron chi connectivity index (χ3n) is 3.45. The lowest BCUT2D eigenvalue weighted by Gasteiger charge is -2.07. The maximum Gasteiger partial charge on any atom is 0.230 e. The van der Waals surface area contributed by atoms with Crippen LogP contribution in [0.1, 0.15) is 28.1 Å². The van der Waals surface area contributed by atoms with Gasteiger partial charge in [-0.05, 0) is 25.0 Å². The zero-order valence-corrected chi connectivity index (χ0v) is 14.5. The van der Waals surface area contributed by atoms with Crippen LogP contribution in [-0.4, -0.2) is 23.9 Å². The Morgan fingerprint density at radius 1 is 1.35 bits per heavy atom. The number of carbonyl (C=O) groups excluding carboxylic acids is 1. The Hall–Kier alpha value is -1.79. The number of hydrogen-bond donors (Lipinski definition) is 1. The van der Waals surface area contributed by atoms with Gasteiger partial charge in [0.05, 0.1) is 18.1 Å². The number of rotatable bonds is 8. The predicted octanol–water partition coefficient (Wildman–Crippen LogP) is 2.99. The quantitative estimate of drug-likeness (QED) is 0.804. The molecule has 0 aliphatic rings. The molecule has 0 bridgehead atoms. The maximum atomic E-state index is 11.9. The Morgan fingerprint density at radius 2 is 2.13 bits per heavy atom. The number of nitrogens with one attached hydrogen (secondary N) is 1. The van der Waals surface area contributed by atoms with Gasteiger partial charge >= 0.3 is 0 Å². The Balaban J connectivity index is 1.74. The first-order valence-electron chi connectivity index (χ1n) is 7.43. The minimum absolute atomic E-state index is 0.0268. The molecule has 124 valence electrons. The summed E-state index contributed by atoms with van der Waals surface area (Å²) in [6.45, 7) is 4.92. The summed E-state index contributed by atoms with van der Waals surface area (Å²) in [5.41, 5.74) is 4.15. The van der Waals surface area contributed by atoms with Gasteiger partial charge in [0.1, 0.15) is 5.76 Å². The van der Waals surface area contributed by atoms with Gasteiger partial charge in [-0.25, -0.2) is 0 Å². The molecule has 0 aliphatic heterocycles. The fraction of sp³-hybridized carbons (Fsp3) is 0.412. The van der Waals surface area contributed by atoms with Crippen molar-refractivity contribution in [2.75, 3.05) is 12.9 Å². The second kappa shape index (κ2) is 8.74. The number of nitrogens with zero attached hydrogens (tertiary/aromatic N) is 1. The monoisotopic (exact) mass is 334 g/mol. The van der Waals surface area contributed by atoms with Gasteiger partial charge in [-0.15, -0.1) is 11.8 Å². The molecule has 1 amide bonds. The van der Waals surface area contributed by atoms with Crippen LogP contribution in [0.5, 0.6) is 0 Å². The number of carbonyl (C=O) groups is 1. The summed E-state index contributed by atoms with van der Waals surface area (Å²) >= 11 is 1.56. The van der Waals surface area contributed by atoms with Gasteiger partial charge in [0.15, 0.2) is 0 Å². The highest BCUT2D eigenvalue weighted by Crippen LogP contribution is 2.19. The van der Waals surface area contributed by atoms with E-state index in [1.54, 1.807) is 18.9 Å². The number of aryl methyl sites for hydroxylation is 2. The molecule has 0 fully saturated rings. The van der Waals surface area contributed by atoms with Crippen molar-refractivity contribution < 1.29 is 14.1 Å². The molecule has 0 saturated carbocycles. The molecule has 6 heteroatoms. The van der Waals surface area contributed by atoms with Gasteiger partial charge in [-0.1, -0.05) is 29.4 Å². The molecule has 0 aliphatic carbocycles. The summed E-state index contributed by atoms with van der Waals surface area (Å²) in [4.78, 5) is 11.9. The Kier molecular flexibility index (Phi) is 6.67. The minimum atomic E-state index is 0.0268. The molecule has 1 N–H and O–H groups in total. The van der Waals surface area contributed by atoms with Crippen LogP contribution in [0.15, 0.2) is 28.8 Å². The van der Waals surface area contributed by atoms with E-state index in [9.17, 15) is 4.79 Å². The Bertz CT molecular complexity index is 636.